The van der Waals surface area contributed by atoms with Crippen molar-refractivity contribution < 1.29 is 4.92 Å². The van der Waals surface area contributed by atoms with Gasteiger partial charge in [0.1, 0.15) is 0 Å². The first-order valence-electron chi connectivity index (χ1n) is 6.25. The third-order valence-corrected chi connectivity index (χ3v) is 3.66. The number of hydrogen-bond donors (Lipinski definition) is 1. The van der Waals surface area contributed by atoms with Crippen molar-refractivity contribution in [2.24, 2.45) is 0 Å². The summed E-state index contributed by atoms with van der Waals surface area (Å²) in [6.07, 6.45) is 4.82. The molecular weight excluding hydrogens is 343 g/mol. The average Bonchev–Trinajstić information content (AvgIpc) is 2.28. The van der Waals surface area contributed by atoms with E-state index in [1.807, 2.05) is 28.7 Å². The highest BCUT2D eigenvalue weighted by Crippen LogP contribution is 2.24. The van der Waals surface area contributed by atoms with Crippen LogP contribution in [0.25, 0.3) is 0 Å². The number of nitrogens with zero attached hydrogens (tertiary/aromatic N) is 1. The fraction of sp³-hybridized carbons (Fsp3) is 0.538. The highest BCUT2D eigenvalue weighted by Gasteiger charge is 2.12. The Morgan fingerprint density at radius 1 is 1.44 bits per heavy atom. The fourth-order valence-corrected chi connectivity index (χ4v) is 2.51. The summed E-state index contributed by atoms with van der Waals surface area (Å²) in [4.78, 5) is 10.4. The molecule has 1 N–H and O–H groups in total. The van der Waals surface area contributed by atoms with Gasteiger partial charge in [0.25, 0.3) is 5.69 Å². The van der Waals surface area contributed by atoms with Gasteiger partial charge >= 0.3 is 0 Å². The minimum absolute atomic E-state index is 0.166. The number of benzene rings is 1. The number of nitro benzene ring substituents is 1. The van der Waals surface area contributed by atoms with Gasteiger partial charge in [-0.1, -0.05) is 26.2 Å². The van der Waals surface area contributed by atoms with Crippen LogP contribution in [-0.4, -0.2) is 11.0 Å². The van der Waals surface area contributed by atoms with Gasteiger partial charge in [0, 0.05) is 17.8 Å². The maximum Gasteiger partial charge on any atom is 0.282 e. The van der Waals surface area contributed by atoms with Crippen molar-refractivity contribution >= 4 is 34.0 Å². The van der Waals surface area contributed by atoms with E-state index < -0.39 is 0 Å². The number of halogens is 1. The molecule has 0 aromatic heterocycles. The van der Waals surface area contributed by atoms with E-state index in [9.17, 15) is 10.1 Å². The van der Waals surface area contributed by atoms with E-state index in [1.165, 1.54) is 19.3 Å². The van der Waals surface area contributed by atoms with Crippen molar-refractivity contribution in [1.82, 2.24) is 0 Å². The Hall–Kier alpha value is -0.850. The molecule has 4 nitrogen and oxygen atoms in total. The lowest BCUT2D eigenvalue weighted by Crippen LogP contribution is -2.14. The molecule has 5 heteroatoms. The molecule has 1 atom stereocenters. The lowest BCUT2D eigenvalue weighted by atomic mass is 10.1. The summed E-state index contributed by atoms with van der Waals surface area (Å²) in [6.45, 7) is 4.33. The first kappa shape index (κ1) is 15.2. The quantitative estimate of drug-likeness (QED) is 0.334. The highest BCUT2D eigenvalue weighted by molar-refractivity contribution is 14.1. The zero-order chi connectivity index (χ0) is 13.5. The Balaban J connectivity index is 2.57. The molecule has 0 saturated heterocycles. The molecule has 0 saturated carbocycles. The van der Waals surface area contributed by atoms with Crippen LogP contribution in [0.4, 0.5) is 11.4 Å². The minimum atomic E-state index is -0.351. The van der Waals surface area contributed by atoms with Gasteiger partial charge in [-0.2, -0.15) is 0 Å². The van der Waals surface area contributed by atoms with E-state index in [1.54, 1.807) is 12.1 Å². The van der Waals surface area contributed by atoms with Gasteiger partial charge in [-0.3, -0.25) is 10.1 Å². The number of unbranched alkanes of at least 4 members (excludes halogenated alkanes) is 2. The molecule has 0 heterocycles. The summed E-state index contributed by atoms with van der Waals surface area (Å²) in [5.74, 6) is 0. The monoisotopic (exact) mass is 362 g/mol. The first-order chi connectivity index (χ1) is 8.54. The normalized spacial score (nSPS) is 12.2. The predicted molar refractivity (Wildman–Crippen MR) is 83.0 cm³/mol. The van der Waals surface area contributed by atoms with E-state index in [-0.39, 0.29) is 10.6 Å². The van der Waals surface area contributed by atoms with Gasteiger partial charge in [-0.05, 0) is 48.1 Å². The summed E-state index contributed by atoms with van der Waals surface area (Å²) < 4.78 is 0.670. The van der Waals surface area contributed by atoms with Crippen molar-refractivity contribution in [3.8, 4) is 0 Å². The van der Waals surface area contributed by atoms with Gasteiger partial charge < -0.3 is 5.32 Å². The predicted octanol–water partition coefficient (Wildman–Crippen LogP) is 4.58. The molecule has 1 unspecified atom stereocenters. The Kier molecular flexibility index (Phi) is 6.38. The summed E-state index contributed by atoms with van der Waals surface area (Å²) >= 11 is 2.00. The zero-order valence-electron chi connectivity index (χ0n) is 10.8. The molecular formula is C13H19IN2O2. The van der Waals surface area contributed by atoms with Crippen LogP contribution < -0.4 is 5.32 Å². The fourth-order valence-electron chi connectivity index (χ4n) is 1.80. The molecule has 1 rings (SSSR count). The molecule has 18 heavy (non-hydrogen) atoms. The number of anilines is 1. The molecule has 1 aromatic carbocycles. The van der Waals surface area contributed by atoms with Crippen LogP contribution in [0, 0.1) is 13.7 Å². The minimum Gasteiger partial charge on any atom is -0.383 e. The van der Waals surface area contributed by atoms with Gasteiger partial charge in [0.15, 0.2) is 0 Å². The van der Waals surface area contributed by atoms with E-state index >= 15 is 0 Å². The second-order valence-corrected chi connectivity index (χ2v) is 5.63. The molecule has 0 aliphatic heterocycles. The lowest BCUT2D eigenvalue weighted by Gasteiger charge is -2.15. The van der Waals surface area contributed by atoms with Gasteiger partial charge in [-0.15, -0.1) is 0 Å². The maximum absolute atomic E-state index is 10.7. The summed E-state index contributed by atoms with van der Waals surface area (Å²) in [6, 6.07) is 5.56. The van der Waals surface area contributed by atoms with E-state index in [0.717, 1.165) is 12.1 Å². The van der Waals surface area contributed by atoms with E-state index in [4.69, 9.17) is 0 Å². The van der Waals surface area contributed by atoms with E-state index in [0.29, 0.717) is 9.61 Å². The molecule has 0 radical (unpaired) electrons. The topological polar surface area (TPSA) is 55.2 Å². The number of hydrogen-bond acceptors (Lipinski definition) is 3. The number of nitro groups is 1. The number of rotatable bonds is 7. The molecule has 1 aromatic rings. The van der Waals surface area contributed by atoms with Crippen LogP contribution in [0.5, 0.6) is 0 Å². The largest absolute Gasteiger partial charge is 0.383 e. The zero-order valence-corrected chi connectivity index (χ0v) is 12.9. The van der Waals surface area contributed by atoms with Gasteiger partial charge in [0.2, 0.25) is 0 Å². The SMILES string of the molecule is CCCCCC(C)Nc1ccc([N+](=O)[O-])c(I)c1. The maximum atomic E-state index is 10.7. The standard InChI is InChI=1S/C13H19IN2O2/c1-3-4-5-6-10(2)15-11-7-8-13(16(17)18)12(14)9-11/h7-10,15H,3-6H2,1-2H3. The number of nitrogens with one attached hydrogen (secondary N) is 1. The van der Waals surface area contributed by atoms with Crippen molar-refractivity contribution in [2.75, 3.05) is 5.32 Å². The summed E-state index contributed by atoms with van der Waals surface area (Å²) in [5.41, 5.74) is 1.12. The van der Waals surface area contributed by atoms with Gasteiger partial charge in [0.05, 0.1) is 8.49 Å². The van der Waals surface area contributed by atoms with Crippen LogP contribution in [0.3, 0.4) is 0 Å². The molecule has 100 valence electrons. The Bertz CT molecular complexity index is 410. The van der Waals surface area contributed by atoms with Crippen LogP contribution in [0.1, 0.15) is 39.5 Å². The Morgan fingerprint density at radius 2 is 2.17 bits per heavy atom. The molecule has 0 fully saturated rings. The van der Waals surface area contributed by atoms with Crippen molar-refractivity contribution in [2.45, 2.75) is 45.6 Å². The molecule has 0 spiro atoms. The highest BCUT2D eigenvalue weighted by atomic mass is 127. The van der Waals surface area contributed by atoms with Crippen LogP contribution in [0.15, 0.2) is 18.2 Å². The molecule has 0 aliphatic carbocycles. The summed E-state index contributed by atoms with van der Waals surface area (Å²) in [7, 11) is 0. The second-order valence-electron chi connectivity index (χ2n) is 4.46. The van der Waals surface area contributed by atoms with Crippen molar-refractivity contribution in [3.05, 3.63) is 31.9 Å². The van der Waals surface area contributed by atoms with Crippen LogP contribution >= 0.6 is 22.6 Å². The van der Waals surface area contributed by atoms with Gasteiger partial charge in [-0.25, -0.2) is 0 Å². The molecule has 0 bridgehead atoms. The second kappa shape index (κ2) is 7.56. The van der Waals surface area contributed by atoms with Crippen LogP contribution in [0.2, 0.25) is 0 Å². The molecule has 0 aliphatic rings. The third kappa shape index (κ3) is 4.80. The van der Waals surface area contributed by atoms with Crippen molar-refractivity contribution in [3.63, 3.8) is 0 Å². The smallest absolute Gasteiger partial charge is 0.282 e. The first-order valence-corrected chi connectivity index (χ1v) is 7.33. The van der Waals surface area contributed by atoms with E-state index in [2.05, 4.69) is 19.2 Å². The Morgan fingerprint density at radius 3 is 2.72 bits per heavy atom. The Labute approximate surface area is 121 Å². The lowest BCUT2D eigenvalue weighted by molar-refractivity contribution is -0.385. The van der Waals surface area contributed by atoms with Crippen molar-refractivity contribution in [1.29, 1.82) is 0 Å². The average molecular weight is 362 g/mol. The third-order valence-electron chi connectivity index (χ3n) is 2.80. The summed E-state index contributed by atoms with van der Waals surface area (Å²) in [5, 5.41) is 14.1. The molecule has 0 amide bonds. The van der Waals surface area contributed by atoms with Crippen LogP contribution in [-0.2, 0) is 0 Å².